The monoisotopic (exact) mass is 469 g/mol. The van der Waals surface area contributed by atoms with E-state index in [4.69, 9.17) is 14.0 Å². The van der Waals surface area contributed by atoms with Gasteiger partial charge in [0.25, 0.3) is 5.91 Å². The second-order valence-corrected chi connectivity index (χ2v) is 9.77. The smallest absolute Gasteiger partial charge is 0.410 e. The van der Waals surface area contributed by atoms with Gasteiger partial charge in [-0.25, -0.2) is 9.18 Å². The number of carbonyl (C=O) groups is 2. The lowest BCUT2D eigenvalue weighted by Gasteiger charge is -2.26. The molecule has 1 aliphatic rings. The number of amides is 2. The minimum atomic E-state index is -0.966. The highest BCUT2D eigenvalue weighted by Gasteiger charge is 2.32. The molecule has 9 heteroatoms. The number of ether oxygens (including phenoxy) is 2. The number of rotatable bonds is 3. The molecule has 1 aliphatic heterocycles. The molecule has 4 rings (SSSR count). The molecule has 2 heterocycles. The Bertz CT molecular complexity index is 1250. The highest BCUT2D eigenvalue weighted by Crippen LogP contribution is 2.32. The van der Waals surface area contributed by atoms with Crippen LogP contribution in [-0.2, 0) is 16.8 Å². The van der Waals surface area contributed by atoms with Gasteiger partial charge in [0.1, 0.15) is 23.7 Å². The van der Waals surface area contributed by atoms with E-state index >= 15 is 0 Å². The molecule has 0 aliphatic carbocycles. The first-order valence-corrected chi connectivity index (χ1v) is 11.1. The van der Waals surface area contributed by atoms with Crippen molar-refractivity contribution in [3.05, 3.63) is 59.0 Å². The SMILES string of the molecule is CC(C)(C)OC(=O)N1CCOc2c(cccc2C(=O)NC(C)(C)c2noc3c(F)cccc23)C1. The van der Waals surface area contributed by atoms with Crippen LogP contribution in [0.5, 0.6) is 5.75 Å². The van der Waals surface area contributed by atoms with Crippen LogP contribution in [-0.4, -0.2) is 40.8 Å². The maximum Gasteiger partial charge on any atom is 0.410 e. The van der Waals surface area contributed by atoms with Gasteiger partial charge >= 0.3 is 6.09 Å². The van der Waals surface area contributed by atoms with Crippen LogP contribution >= 0.6 is 0 Å². The van der Waals surface area contributed by atoms with Crippen LogP contribution in [0.25, 0.3) is 11.0 Å². The summed E-state index contributed by atoms with van der Waals surface area (Å²) in [5, 5.41) is 7.46. The predicted molar refractivity (Wildman–Crippen MR) is 123 cm³/mol. The molecule has 0 fully saturated rings. The molecule has 1 aromatic heterocycles. The number of carbonyl (C=O) groups excluding carboxylic acids is 2. The third kappa shape index (κ3) is 4.69. The molecule has 34 heavy (non-hydrogen) atoms. The number of hydrogen-bond acceptors (Lipinski definition) is 6. The number of halogens is 1. The van der Waals surface area contributed by atoms with Crippen molar-refractivity contribution in [2.45, 2.75) is 52.3 Å². The third-order valence-electron chi connectivity index (χ3n) is 5.43. The molecule has 8 nitrogen and oxygen atoms in total. The zero-order valence-corrected chi connectivity index (χ0v) is 19.9. The average Bonchev–Trinajstić information content (AvgIpc) is 3.07. The van der Waals surface area contributed by atoms with E-state index in [2.05, 4.69) is 10.5 Å². The van der Waals surface area contributed by atoms with Gasteiger partial charge in [-0.1, -0.05) is 23.4 Å². The highest BCUT2D eigenvalue weighted by atomic mass is 19.1. The third-order valence-corrected chi connectivity index (χ3v) is 5.43. The summed E-state index contributed by atoms with van der Waals surface area (Å²) in [6.07, 6.45) is -0.440. The predicted octanol–water partition coefficient (Wildman–Crippen LogP) is 4.76. The van der Waals surface area contributed by atoms with Crippen LogP contribution in [0.3, 0.4) is 0 Å². The molecule has 0 saturated heterocycles. The fourth-order valence-electron chi connectivity index (χ4n) is 3.87. The van der Waals surface area contributed by atoms with Crippen molar-refractivity contribution in [1.29, 1.82) is 0 Å². The van der Waals surface area contributed by atoms with E-state index in [1.54, 1.807) is 43.0 Å². The summed E-state index contributed by atoms with van der Waals surface area (Å²) in [7, 11) is 0. The quantitative estimate of drug-likeness (QED) is 0.594. The van der Waals surface area contributed by atoms with Gasteiger partial charge in [0.05, 0.1) is 29.6 Å². The Hall–Kier alpha value is -3.62. The lowest BCUT2D eigenvalue weighted by atomic mass is 9.96. The summed E-state index contributed by atoms with van der Waals surface area (Å²) in [4.78, 5) is 27.4. The molecule has 0 unspecified atom stereocenters. The number of hydrogen-bond donors (Lipinski definition) is 1. The number of nitrogens with zero attached hydrogens (tertiary/aromatic N) is 2. The second kappa shape index (κ2) is 8.62. The fourth-order valence-corrected chi connectivity index (χ4v) is 3.87. The zero-order valence-electron chi connectivity index (χ0n) is 19.9. The highest BCUT2D eigenvalue weighted by molar-refractivity contribution is 5.98. The topological polar surface area (TPSA) is 93.9 Å². The second-order valence-electron chi connectivity index (χ2n) is 9.77. The Labute approximate surface area is 197 Å². The number of aromatic nitrogens is 1. The Morgan fingerprint density at radius 2 is 1.85 bits per heavy atom. The molecule has 180 valence electrons. The standard InChI is InChI=1S/C25H28FN3O5/c1-24(2,3)33-23(31)29-12-13-32-19-15(14-29)8-6-10-17(19)22(30)27-25(4,5)21-16-9-7-11-18(26)20(16)34-28-21/h6-11H,12-14H2,1-5H3,(H,27,30). The van der Waals surface area contributed by atoms with E-state index in [1.165, 1.54) is 6.07 Å². The molecule has 0 bridgehead atoms. The summed E-state index contributed by atoms with van der Waals surface area (Å²) < 4.78 is 30.6. The lowest BCUT2D eigenvalue weighted by molar-refractivity contribution is 0.0225. The first kappa shape index (κ1) is 23.5. The summed E-state index contributed by atoms with van der Waals surface area (Å²) >= 11 is 0. The van der Waals surface area contributed by atoms with Crippen molar-refractivity contribution >= 4 is 23.0 Å². The Morgan fingerprint density at radius 3 is 2.59 bits per heavy atom. The maximum absolute atomic E-state index is 14.0. The van der Waals surface area contributed by atoms with Gasteiger partial charge in [0, 0.05) is 5.56 Å². The first-order chi connectivity index (χ1) is 16.0. The maximum atomic E-state index is 14.0. The van der Waals surface area contributed by atoms with E-state index in [0.29, 0.717) is 34.5 Å². The van der Waals surface area contributed by atoms with Gasteiger partial charge in [-0.05, 0) is 52.8 Å². The molecule has 2 amide bonds. The minimum Gasteiger partial charge on any atom is -0.491 e. The van der Waals surface area contributed by atoms with Gasteiger partial charge in [-0.15, -0.1) is 0 Å². The van der Waals surface area contributed by atoms with Crippen molar-refractivity contribution in [2.75, 3.05) is 13.2 Å². The van der Waals surface area contributed by atoms with Gasteiger partial charge in [-0.2, -0.15) is 0 Å². The normalized spacial score (nSPS) is 14.2. The van der Waals surface area contributed by atoms with Crippen molar-refractivity contribution in [1.82, 2.24) is 15.4 Å². The molecule has 0 saturated carbocycles. The van der Waals surface area contributed by atoms with Crippen molar-refractivity contribution < 1.29 is 28.0 Å². The van der Waals surface area contributed by atoms with E-state index in [0.717, 1.165) is 0 Å². The van der Waals surface area contributed by atoms with Gasteiger partial charge in [0.2, 0.25) is 5.58 Å². The minimum absolute atomic E-state index is 0.0407. The molecular weight excluding hydrogens is 441 g/mol. The van der Waals surface area contributed by atoms with Gasteiger partial charge in [-0.3, -0.25) is 4.79 Å². The Balaban J connectivity index is 1.58. The van der Waals surface area contributed by atoms with E-state index < -0.39 is 23.1 Å². The Morgan fingerprint density at radius 1 is 1.12 bits per heavy atom. The van der Waals surface area contributed by atoms with E-state index in [-0.39, 0.29) is 24.6 Å². The van der Waals surface area contributed by atoms with Gasteiger partial charge in [0.15, 0.2) is 5.82 Å². The van der Waals surface area contributed by atoms with Crippen LogP contribution in [0.4, 0.5) is 9.18 Å². The summed E-state index contributed by atoms with van der Waals surface area (Å²) in [6, 6.07) is 9.77. The molecule has 0 radical (unpaired) electrons. The van der Waals surface area contributed by atoms with Crippen LogP contribution in [0.1, 0.15) is 56.2 Å². The number of para-hydroxylation sites is 2. The lowest BCUT2D eigenvalue weighted by Crippen LogP contribution is -2.41. The average molecular weight is 470 g/mol. The van der Waals surface area contributed by atoms with Crippen molar-refractivity contribution in [2.24, 2.45) is 0 Å². The molecule has 3 aromatic rings. The van der Waals surface area contributed by atoms with E-state index in [1.807, 2.05) is 26.8 Å². The van der Waals surface area contributed by atoms with Crippen LogP contribution in [0, 0.1) is 5.82 Å². The van der Waals surface area contributed by atoms with Crippen LogP contribution in [0.2, 0.25) is 0 Å². The molecular formula is C25H28FN3O5. The number of nitrogens with one attached hydrogen (secondary N) is 1. The van der Waals surface area contributed by atoms with E-state index in [9.17, 15) is 14.0 Å². The zero-order chi connectivity index (χ0) is 24.7. The Kier molecular flexibility index (Phi) is 5.97. The molecule has 2 aromatic carbocycles. The molecule has 1 N–H and O–H groups in total. The summed E-state index contributed by atoms with van der Waals surface area (Å²) in [5.41, 5.74) is -0.104. The molecule has 0 spiro atoms. The fraction of sp³-hybridized carbons (Fsp3) is 0.400. The van der Waals surface area contributed by atoms with Crippen molar-refractivity contribution in [3.8, 4) is 5.75 Å². The number of fused-ring (bicyclic) bond motifs is 2. The molecule has 0 atom stereocenters. The largest absolute Gasteiger partial charge is 0.491 e. The van der Waals surface area contributed by atoms with Crippen molar-refractivity contribution in [3.63, 3.8) is 0 Å². The first-order valence-electron chi connectivity index (χ1n) is 11.1. The van der Waals surface area contributed by atoms with Crippen LogP contribution < -0.4 is 10.1 Å². The van der Waals surface area contributed by atoms with Gasteiger partial charge < -0.3 is 24.2 Å². The van der Waals surface area contributed by atoms with Crippen LogP contribution in [0.15, 0.2) is 40.9 Å². The number of benzene rings is 2. The summed E-state index contributed by atoms with van der Waals surface area (Å²) in [6.45, 7) is 9.75. The summed E-state index contributed by atoms with van der Waals surface area (Å²) in [5.74, 6) is -0.493.